The highest BCUT2D eigenvalue weighted by Gasteiger charge is 2.41. The van der Waals surface area contributed by atoms with Gasteiger partial charge in [-0.25, -0.2) is 0 Å². The van der Waals surface area contributed by atoms with E-state index in [9.17, 15) is 0 Å². The molecule has 1 aromatic heterocycles. The van der Waals surface area contributed by atoms with Crippen molar-refractivity contribution in [2.24, 2.45) is 11.7 Å². The van der Waals surface area contributed by atoms with E-state index in [4.69, 9.17) is 10.5 Å². The largest absolute Gasteiger partial charge is 0.375 e. The summed E-state index contributed by atoms with van der Waals surface area (Å²) < 4.78 is 6.22. The van der Waals surface area contributed by atoms with E-state index in [1.54, 1.807) is 10.4 Å². The molecule has 2 saturated heterocycles. The first kappa shape index (κ1) is 14.6. The molecule has 3 aliphatic rings. The molecule has 2 aliphatic heterocycles. The lowest BCUT2D eigenvalue weighted by molar-refractivity contribution is -0.105. The second kappa shape index (κ2) is 5.88. The molecule has 2 unspecified atom stereocenters. The van der Waals surface area contributed by atoms with E-state index in [-0.39, 0.29) is 11.6 Å². The molecular weight excluding hydrogens is 298 g/mol. The Labute approximate surface area is 135 Å². The van der Waals surface area contributed by atoms with Gasteiger partial charge in [-0.1, -0.05) is 0 Å². The number of ether oxygens (including phenoxy) is 1. The van der Waals surface area contributed by atoms with Crippen molar-refractivity contribution in [3.05, 3.63) is 21.4 Å². The van der Waals surface area contributed by atoms with Crippen molar-refractivity contribution >= 4 is 23.1 Å². The fourth-order valence-corrected chi connectivity index (χ4v) is 6.80. The monoisotopic (exact) mass is 323 g/mol. The second-order valence-corrected chi connectivity index (χ2v) is 9.27. The van der Waals surface area contributed by atoms with Crippen LogP contribution in [0.25, 0.3) is 0 Å². The smallest absolute Gasteiger partial charge is 0.0701 e. The molecule has 0 bridgehead atoms. The average molecular weight is 324 g/mol. The molecule has 1 spiro atoms. The van der Waals surface area contributed by atoms with Crippen molar-refractivity contribution in [1.29, 1.82) is 0 Å². The number of hydrogen-bond donors (Lipinski definition) is 1. The summed E-state index contributed by atoms with van der Waals surface area (Å²) in [5, 5.41) is 0. The Morgan fingerprint density at radius 3 is 2.95 bits per heavy atom. The predicted molar refractivity (Wildman–Crippen MR) is 91.2 cm³/mol. The van der Waals surface area contributed by atoms with E-state index in [0.29, 0.717) is 5.92 Å². The maximum absolute atomic E-state index is 6.67. The Balaban J connectivity index is 1.49. The van der Waals surface area contributed by atoms with Gasteiger partial charge >= 0.3 is 0 Å². The van der Waals surface area contributed by atoms with Crippen molar-refractivity contribution < 1.29 is 4.74 Å². The molecule has 0 saturated carbocycles. The van der Waals surface area contributed by atoms with Crippen LogP contribution in [-0.2, 0) is 17.6 Å². The van der Waals surface area contributed by atoms with Crippen LogP contribution in [0.4, 0.5) is 0 Å². The van der Waals surface area contributed by atoms with Crippen molar-refractivity contribution in [2.45, 2.75) is 56.6 Å². The molecule has 2 N–H and O–H groups in total. The highest BCUT2D eigenvalue weighted by atomic mass is 32.2. The lowest BCUT2D eigenvalue weighted by Gasteiger charge is -2.44. The average Bonchev–Trinajstić information content (AvgIpc) is 3.08. The number of thiophene rings is 1. The standard InChI is InChI=1S/C17H25NOS2/c18-16(15-10-12-2-1-3-14(12)21-15)13-4-7-19-17(11-13)5-8-20-9-6-17/h10,13,16H,1-9,11,18H2. The topological polar surface area (TPSA) is 35.2 Å². The molecule has 4 heteroatoms. The number of nitrogens with two attached hydrogens (primary N) is 1. The van der Waals surface area contributed by atoms with Crippen molar-refractivity contribution in [3.63, 3.8) is 0 Å². The van der Waals surface area contributed by atoms with Crippen LogP contribution in [0.5, 0.6) is 0 Å². The van der Waals surface area contributed by atoms with Crippen molar-refractivity contribution in [2.75, 3.05) is 18.1 Å². The molecule has 1 aliphatic carbocycles. The molecule has 2 nitrogen and oxygen atoms in total. The highest BCUT2D eigenvalue weighted by molar-refractivity contribution is 7.99. The predicted octanol–water partition coefficient (Wildman–Crippen LogP) is 3.93. The second-order valence-electron chi connectivity index (χ2n) is 6.87. The van der Waals surface area contributed by atoms with E-state index in [1.807, 2.05) is 11.3 Å². The number of aryl methyl sites for hydroxylation is 2. The number of thioether (sulfide) groups is 1. The minimum atomic E-state index is 0.159. The molecule has 0 amide bonds. The Kier molecular flexibility index (Phi) is 4.07. The van der Waals surface area contributed by atoms with Gasteiger partial charge in [-0.2, -0.15) is 11.8 Å². The van der Waals surface area contributed by atoms with Crippen LogP contribution >= 0.6 is 23.1 Å². The van der Waals surface area contributed by atoms with Crippen LogP contribution < -0.4 is 5.73 Å². The van der Waals surface area contributed by atoms with E-state index in [2.05, 4.69) is 17.8 Å². The molecule has 4 rings (SSSR count). The summed E-state index contributed by atoms with van der Waals surface area (Å²) in [4.78, 5) is 3.04. The quantitative estimate of drug-likeness (QED) is 0.895. The third kappa shape index (κ3) is 2.80. The lowest BCUT2D eigenvalue weighted by Crippen LogP contribution is -2.45. The molecule has 21 heavy (non-hydrogen) atoms. The summed E-state index contributed by atoms with van der Waals surface area (Å²) in [6, 6.07) is 2.65. The van der Waals surface area contributed by atoms with Crippen LogP contribution in [-0.4, -0.2) is 23.7 Å². The van der Waals surface area contributed by atoms with Crippen molar-refractivity contribution in [1.82, 2.24) is 0 Å². The fraction of sp³-hybridized carbons (Fsp3) is 0.765. The first-order valence-corrected chi connectivity index (χ1v) is 10.3. The zero-order valence-electron chi connectivity index (χ0n) is 12.6. The SMILES string of the molecule is NC(c1cc2c(s1)CCC2)C1CCOC2(CCSCC2)C1. The minimum absolute atomic E-state index is 0.159. The van der Waals surface area contributed by atoms with E-state index < -0.39 is 0 Å². The third-order valence-corrected chi connectivity index (χ3v) is 7.86. The molecular formula is C17H25NOS2. The van der Waals surface area contributed by atoms with Crippen LogP contribution in [0, 0.1) is 5.92 Å². The minimum Gasteiger partial charge on any atom is -0.375 e. The number of rotatable bonds is 2. The number of hydrogen-bond acceptors (Lipinski definition) is 4. The Bertz CT molecular complexity index is 480. The van der Waals surface area contributed by atoms with Crippen LogP contribution in [0.1, 0.15) is 53.5 Å². The van der Waals surface area contributed by atoms with Crippen LogP contribution in [0.2, 0.25) is 0 Å². The van der Waals surface area contributed by atoms with E-state index in [0.717, 1.165) is 13.0 Å². The van der Waals surface area contributed by atoms with Gasteiger partial charge in [0.05, 0.1) is 5.60 Å². The molecule has 116 valence electrons. The zero-order chi connectivity index (χ0) is 14.3. The Morgan fingerprint density at radius 1 is 1.29 bits per heavy atom. The molecule has 2 fully saturated rings. The number of fused-ring (bicyclic) bond motifs is 1. The van der Waals surface area contributed by atoms with Gasteiger partial charge in [0.15, 0.2) is 0 Å². The van der Waals surface area contributed by atoms with Gasteiger partial charge in [0.2, 0.25) is 0 Å². The van der Waals surface area contributed by atoms with Crippen molar-refractivity contribution in [3.8, 4) is 0 Å². The normalized spacial score (nSPS) is 29.5. The zero-order valence-corrected chi connectivity index (χ0v) is 14.2. The molecule has 3 heterocycles. The molecule has 2 atom stereocenters. The summed E-state index contributed by atoms with van der Waals surface area (Å²) in [5.41, 5.74) is 8.41. The summed E-state index contributed by atoms with van der Waals surface area (Å²) in [6.07, 6.45) is 8.66. The maximum atomic E-state index is 6.67. The van der Waals surface area contributed by atoms with Gasteiger partial charge in [-0.15, -0.1) is 11.3 Å². The van der Waals surface area contributed by atoms with Gasteiger partial charge in [0, 0.05) is 22.4 Å². The molecule has 1 aromatic rings. The van der Waals surface area contributed by atoms with Crippen LogP contribution in [0.15, 0.2) is 6.07 Å². The van der Waals surface area contributed by atoms with E-state index in [1.165, 1.54) is 54.9 Å². The summed E-state index contributed by atoms with van der Waals surface area (Å²) in [5.74, 6) is 3.13. The molecule has 0 radical (unpaired) electrons. The van der Waals surface area contributed by atoms with Gasteiger partial charge in [0.25, 0.3) is 0 Å². The lowest BCUT2D eigenvalue weighted by atomic mass is 9.78. The third-order valence-electron chi connectivity index (χ3n) is 5.54. The Hall–Kier alpha value is -0.0300. The summed E-state index contributed by atoms with van der Waals surface area (Å²) in [6.45, 7) is 0.911. The van der Waals surface area contributed by atoms with Gasteiger partial charge < -0.3 is 10.5 Å². The van der Waals surface area contributed by atoms with E-state index >= 15 is 0 Å². The maximum Gasteiger partial charge on any atom is 0.0701 e. The summed E-state index contributed by atoms with van der Waals surface area (Å²) >= 11 is 4.06. The Morgan fingerprint density at radius 2 is 2.14 bits per heavy atom. The first-order chi connectivity index (χ1) is 10.3. The fourth-order valence-electron chi connectivity index (χ4n) is 4.21. The van der Waals surface area contributed by atoms with Crippen LogP contribution in [0.3, 0.4) is 0 Å². The summed E-state index contributed by atoms with van der Waals surface area (Å²) in [7, 11) is 0. The molecule has 0 aromatic carbocycles. The first-order valence-electron chi connectivity index (χ1n) is 8.35. The van der Waals surface area contributed by atoms with Gasteiger partial charge in [-0.3, -0.25) is 0 Å². The van der Waals surface area contributed by atoms with Gasteiger partial charge in [-0.05, 0) is 74.0 Å². The highest BCUT2D eigenvalue weighted by Crippen LogP contribution is 2.44. The van der Waals surface area contributed by atoms with Gasteiger partial charge in [0.1, 0.15) is 0 Å².